The molecule has 2 fully saturated rings. The van der Waals surface area contributed by atoms with Crippen LogP contribution in [0.5, 0.6) is 5.75 Å². The maximum Gasteiger partial charge on any atom is 0.119 e. The lowest BCUT2D eigenvalue weighted by Gasteiger charge is -2.38. The molecule has 146 valence electrons. The van der Waals surface area contributed by atoms with Gasteiger partial charge in [-0.2, -0.15) is 0 Å². The van der Waals surface area contributed by atoms with Gasteiger partial charge in [0.25, 0.3) is 0 Å². The van der Waals surface area contributed by atoms with Gasteiger partial charge in [-0.05, 0) is 57.5 Å². The number of nitrogens with zero attached hydrogens (tertiary/aromatic N) is 2. The van der Waals surface area contributed by atoms with Crippen molar-refractivity contribution in [2.45, 2.75) is 51.4 Å². The lowest BCUT2D eigenvalue weighted by Crippen LogP contribution is -2.47. The lowest BCUT2D eigenvalue weighted by molar-refractivity contribution is -0.0882. The zero-order chi connectivity index (χ0) is 18.4. The predicted octanol–water partition coefficient (Wildman–Crippen LogP) is 2.52. The monoisotopic (exact) mass is 362 g/mol. The molecule has 1 aromatic carbocycles. The van der Waals surface area contributed by atoms with Gasteiger partial charge in [-0.15, -0.1) is 0 Å². The van der Waals surface area contributed by atoms with Gasteiger partial charge in [-0.1, -0.05) is 18.6 Å². The number of hydrogen-bond acceptors (Lipinski definition) is 5. The van der Waals surface area contributed by atoms with E-state index < -0.39 is 6.10 Å². The summed E-state index contributed by atoms with van der Waals surface area (Å²) < 4.78 is 11.5. The summed E-state index contributed by atoms with van der Waals surface area (Å²) in [5.41, 5.74) is 1.22. The average Bonchev–Trinajstić information content (AvgIpc) is 2.61. The Hall–Kier alpha value is -1.14. The maximum absolute atomic E-state index is 10.2. The summed E-state index contributed by atoms with van der Waals surface area (Å²) in [6.45, 7) is 11.2. The first-order valence-corrected chi connectivity index (χ1v) is 9.99. The Morgan fingerprint density at radius 2 is 1.81 bits per heavy atom. The number of aliphatic hydroxyl groups excluding tert-OH is 1. The molecule has 0 aromatic heterocycles. The van der Waals surface area contributed by atoms with Gasteiger partial charge in [-0.25, -0.2) is 0 Å². The normalized spacial score (nSPS) is 22.9. The average molecular weight is 363 g/mol. The number of aliphatic hydroxyl groups is 1. The number of likely N-dealkylation sites (tertiary alicyclic amines) is 1. The Labute approximate surface area is 157 Å². The number of rotatable bonds is 7. The molecule has 2 saturated heterocycles. The fourth-order valence-electron chi connectivity index (χ4n) is 3.88. The van der Waals surface area contributed by atoms with E-state index in [1.54, 1.807) is 0 Å². The standard InChI is InChI=1S/C21H34N2O3/c1-21(2)17-23(12-13-26-21)14-18-6-8-20(9-7-18)25-16-19(24)15-22-10-4-3-5-11-22/h6-9,19,24H,3-5,10-17H2,1-2H3/t19-/m0/s1. The van der Waals surface area contributed by atoms with E-state index in [1.807, 2.05) is 12.1 Å². The number of piperidine rings is 1. The molecule has 0 saturated carbocycles. The van der Waals surface area contributed by atoms with Crippen LogP contribution >= 0.6 is 0 Å². The molecule has 2 aliphatic rings. The van der Waals surface area contributed by atoms with Gasteiger partial charge in [0.15, 0.2) is 0 Å². The van der Waals surface area contributed by atoms with E-state index in [2.05, 4.69) is 35.8 Å². The van der Waals surface area contributed by atoms with E-state index >= 15 is 0 Å². The number of ether oxygens (including phenoxy) is 2. The van der Waals surface area contributed by atoms with Gasteiger partial charge in [0.2, 0.25) is 0 Å². The zero-order valence-electron chi connectivity index (χ0n) is 16.3. The highest BCUT2D eigenvalue weighted by atomic mass is 16.5. The zero-order valence-corrected chi connectivity index (χ0v) is 16.3. The second-order valence-electron chi connectivity index (χ2n) is 8.29. The van der Waals surface area contributed by atoms with Crippen LogP contribution in [0.2, 0.25) is 0 Å². The molecule has 0 amide bonds. The molecule has 0 radical (unpaired) electrons. The van der Waals surface area contributed by atoms with E-state index in [1.165, 1.54) is 24.8 Å². The molecule has 26 heavy (non-hydrogen) atoms. The minimum Gasteiger partial charge on any atom is -0.491 e. The van der Waals surface area contributed by atoms with Crippen LogP contribution in [-0.2, 0) is 11.3 Å². The van der Waals surface area contributed by atoms with E-state index in [9.17, 15) is 5.11 Å². The lowest BCUT2D eigenvalue weighted by atomic mass is 10.1. The predicted molar refractivity (Wildman–Crippen MR) is 104 cm³/mol. The SMILES string of the molecule is CC1(C)CN(Cc2ccc(OC[C@@H](O)CN3CCCCC3)cc2)CCO1. The third-order valence-corrected chi connectivity index (χ3v) is 5.19. The van der Waals surface area contributed by atoms with Crippen LogP contribution in [0.3, 0.4) is 0 Å². The Morgan fingerprint density at radius 3 is 2.50 bits per heavy atom. The Kier molecular flexibility index (Phi) is 6.92. The van der Waals surface area contributed by atoms with Crippen LogP contribution in [0.1, 0.15) is 38.7 Å². The van der Waals surface area contributed by atoms with Crippen LogP contribution in [0.15, 0.2) is 24.3 Å². The minimum atomic E-state index is -0.427. The molecule has 1 aromatic rings. The van der Waals surface area contributed by atoms with Crippen molar-refractivity contribution in [1.29, 1.82) is 0 Å². The van der Waals surface area contributed by atoms with Crippen molar-refractivity contribution in [3.05, 3.63) is 29.8 Å². The molecule has 3 rings (SSSR count). The van der Waals surface area contributed by atoms with E-state index in [-0.39, 0.29) is 5.60 Å². The van der Waals surface area contributed by atoms with Gasteiger partial charge in [0.1, 0.15) is 18.5 Å². The van der Waals surface area contributed by atoms with Crippen molar-refractivity contribution < 1.29 is 14.6 Å². The molecule has 5 heteroatoms. The topological polar surface area (TPSA) is 45.2 Å². The molecular formula is C21H34N2O3. The molecule has 0 bridgehead atoms. The number of morpholine rings is 1. The Morgan fingerprint density at radius 1 is 1.08 bits per heavy atom. The molecule has 1 N–H and O–H groups in total. The highest BCUT2D eigenvalue weighted by Gasteiger charge is 2.26. The molecule has 5 nitrogen and oxygen atoms in total. The summed E-state index contributed by atoms with van der Waals surface area (Å²) in [4.78, 5) is 4.77. The summed E-state index contributed by atoms with van der Waals surface area (Å²) in [5.74, 6) is 0.828. The van der Waals surface area contributed by atoms with Gasteiger partial charge in [0, 0.05) is 26.2 Å². The fraction of sp³-hybridized carbons (Fsp3) is 0.714. The van der Waals surface area contributed by atoms with Gasteiger partial charge in [0.05, 0.1) is 12.2 Å². The smallest absolute Gasteiger partial charge is 0.119 e. The first-order valence-electron chi connectivity index (χ1n) is 9.99. The van der Waals surface area contributed by atoms with Gasteiger partial charge >= 0.3 is 0 Å². The fourth-order valence-corrected chi connectivity index (χ4v) is 3.88. The summed E-state index contributed by atoms with van der Waals surface area (Å²) >= 11 is 0. The molecule has 2 aliphatic heterocycles. The summed E-state index contributed by atoms with van der Waals surface area (Å²) in [7, 11) is 0. The van der Waals surface area contributed by atoms with E-state index in [0.717, 1.165) is 45.1 Å². The van der Waals surface area contributed by atoms with Crippen LogP contribution < -0.4 is 4.74 Å². The van der Waals surface area contributed by atoms with Crippen molar-refractivity contribution in [3.63, 3.8) is 0 Å². The third-order valence-electron chi connectivity index (χ3n) is 5.19. The Balaban J connectivity index is 1.41. The molecular weight excluding hydrogens is 328 g/mol. The highest BCUT2D eigenvalue weighted by Crippen LogP contribution is 2.20. The second kappa shape index (κ2) is 9.18. The van der Waals surface area contributed by atoms with Crippen molar-refractivity contribution in [2.24, 2.45) is 0 Å². The first-order chi connectivity index (χ1) is 12.5. The minimum absolute atomic E-state index is 0.0637. The molecule has 0 spiro atoms. The highest BCUT2D eigenvalue weighted by molar-refractivity contribution is 5.27. The van der Waals surface area contributed by atoms with Crippen LogP contribution in [0, 0.1) is 0 Å². The first kappa shape index (κ1) is 19.6. The third kappa shape index (κ3) is 6.23. The molecule has 2 heterocycles. The molecule has 0 unspecified atom stereocenters. The number of β-amino-alcohol motifs (C(OH)–C–C–N with tert-alkyl or cyclic N) is 1. The maximum atomic E-state index is 10.2. The molecule has 1 atom stereocenters. The summed E-state index contributed by atoms with van der Waals surface area (Å²) in [5, 5.41) is 10.2. The van der Waals surface area contributed by atoms with Crippen molar-refractivity contribution in [3.8, 4) is 5.75 Å². The second-order valence-corrected chi connectivity index (χ2v) is 8.29. The van der Waals surface area contributed by atoms with Crippen LogP contribution in [0.25, 0.3) is 0 Å². The largest absolute Gasteiger partial charge is 0.491 e. The number of hydrogen-bond donors (Lipinski definition) is 1. The van der Waals surface area contributed by atoms with Crippen LogP contribution in [-0.4, -0.2) is 72.5 Å². The summed E-state index contributed by atoms with van der Waals surface area (Å²) in [6, 6.07) is 8.26. The van der Waals surface area contributed by atoms with Crippen molar-refractivity contribution in [2.75, 3.05) is 45.9 Å². The van der Waals surface area contributed by atoms with Gasteiger partial charge < -0.3 is 19.5 Å². The van der Waals surface area contributed by atoms with Gasteiger partial charge in [-0.3, -0.25) is 4.90 Å². The van der Waals surface area contributed by atoms with Crippen LogP contribution in [0.4, 0.5) is 0 Å². The number of benzene rings is 1. The summed E-state index contributed by atoms with van der Waals surface area (Å²) in [6.07, 6.45) is 3.38. The van der Waals surface area contributed by atoms with Crippen molar-refractivity contribution >= 4 is 0 Å². The van der Waals surface area contributed by atoms with E-state index in [4.69, 9.17) is 9.47 Å². The van der Waals surface area contributed by atoms with Crippen molar-refractivity contribution in [1.82, 2.24) is 9.80 Å². The van der Waals surface area contributed by atoms with E-state index in [0.29, 0.717) is 13.2 Å². The Bertz CT molecular complexity index is 541. The quantitative estimate of drug-likeness (QED) is 0.808. The molecule has 0 aliphatic carbocycles.